The molecule has 8 heteroatoms. The number of hydrogen-bond donors (Lipinski definition) is 0. The van der Waals surface area contributed by atoms with Crippen LogP contribution in [0, 0.1) is 5.82 Å². The van der Waals surface area contributed by atoms with Gasteiger partial charge in [-0.15, -0.1) is 0 Å². The first-order valence-electron chi connectivity index (χ1n) is 9.30. The third-order valence-electron chi connectivity index (χ3n) is 4.72. The second-order valence-electron chi connectivity index (χ2n) is 6.97. The normalized spacial score (nSPS) is 15.5. The summed E-state index contributed by atoms with van der Waals surface area (Å²) in [5.41, 5.74) is 1.55. The van der Waals surface area contributed by atoms with Crippen LogP contribution < -0.4 is 0 Å². The van der Waals surface area contributed by atoms with E-state index in [0.29, 0.717) is 49.4 Å². The van der Waals surface area contributed by atoms with Crippen LogP contribution in [0.25, 0.3) is 0 Å². The number of hydrogen-bond acceptors (Lipinski definition) is 3. The quantitative estimate of drug-likeness (QED) is 0.678. The standard InChI is InChI=1S/C21H22F4N2O2/c22-19-7-2-1-5-18(19)13-26-8-10-27(11-9-26)20(28)17-6-3-4-16(12-17)14-29-15-21(23,24)25/h1-7,12H,8-11,13-15H2. The highest BCUT2D eigenvalue weighted by atomic mass is 19.4. The molecule has 1 saturated heterocycles. The maximum atomic E-state index is 13.8. The lowest BCUT2D eigenvalue weighted by molar-refractivity contribution is -0.176. The fourth-order valence-corrected chi connectivity index (χ4v) is 3.24. The summed E-state index contributed by atoms with van der Waals surface area (Å²) in [5.74, 6) is -0.413. The summed E-state index contributed by atoms with van der Waals surface area (Å²) in [4.78, 5) is 16.5. The predicted molar refractivity (Wildman–Crippen MR) is 99.7 cm³/mol. The molecular formula is C21H22F4N2O2. The fraction of sp³-hybridized carbons (Fsp3) is 0.381. The highest BCUT2D eigenvalue weighted by Crippen LogP contribution is 2.17. The Hall–Kier alpha value is -2.45. The zero-order chi connectivity index (χ0) is 20.9. The molecule has 1 heterocycles. The van der Waals surface area contributed by atoms with Crippen molar-refractivity contribution in [3.63, 3.8) is 0 Å². The van der Waals surface area contributed by atoms with E-state index >= 15 is 0 Å². The molecule has 1 aliphatic rings. The number of halogens is 4. The van der Waals surface area contributed by atoms with Gasteiger partial charge in [-0.2, -0.15) is 13.2 Å². The minimum Gasteiger partial charge on any atom is -0.367 e. The molecule has 4 nitrogen and oxygen atoms in total. The molecule has 2 aromatic rings. The first kappa shape index (κ1) is 21.3. The summed E-state index contributed by atoms with van der Waals surface area (Å²) in [6.45, 7) is 1.19. The minimum absolute atomic E-state index is 0.173. The van der Waals surface area contributed by atoms with E-state index in [-0.39, 0.29) is 18.3 Å². The lowest BCUT2D eigenvalue weighted by atomic mass is 10.1. The van der Waals surface area contributed by atoms with Crippen molar-refractivity contribution < 1.29 is 27.1 Å². The van der Waals surface area contributed by atoms with Crippen molar-refractivity contribution in [1.82, 2.24) is 9.80 Å². The first-order chi connectivity index (χ1) is 13.8. The summed E-state index contributed by atoms with van der Waals surface area (Å²) in [6.07, 6.45) is -4.38. The molecule has 2 aromatic carbocycles. The molecule has 0 saturated carbocycles. The number of piperazine rings is 1. The molecular weight excluding hydrogens is 388 g/mol. The van der Waals surface area contributed by atoms with Crippen LogP contribution in [0.3, 0.4) is 0 Å². The van der Waals surface area contributed by atoms with Gasteiger partial charge in [-0.1, -0.05) is 30.3 Å². The van der Waals surface area contributed by atoms with Gasteiger partial charge in [0.25, 0.3) is 5.91 Å². The summed E-state index contributed by atoms with van der Waals surface area (Å²) < 4.78 is 55.0. The Morgan fingerprint density at radius 1 is 1.00 bits per heavy atom. The van der Waals surface area contributed by atoms with Gasteiger partial charge in [-0.05, 0) is 23.8 Å². The van der Waals surface area contributed by atoms with Gasteiger partial charge < -0.3 is 9.64 Å². The maximum Gasteiger partial charge on any atom is 0.411 e. The van der Waals surface area contributed by atoms with Gasteiger partial charge >= 0.3 is 6.18 Å². The monoisotopic (exact) mass is 410 g/mol. The van der Waals surface area contributed by atoms with Gasteiger partial charge in [0.05, 0.1) is 6.61 Å². The van der Waals surface area contributed by atoms with Gasteiger partial charge in [0.2, 0.25) is 0 Å². The number of rotatable bonds is 6. The van der Waals surface area contributed by atoms with E-state index in [1.165, 1.54) is 6.07 Å². The van der Waals surface area contributed by atoms with Crippen molar-refractivity contribution in [2.75, 3.05) is 32.8 Å². The van der Waals surface area contributed by atoms with E-state index < -0.39 is 12.8 Å². The third kappa shape index (κ3) is 6.27. The molecule has 0 N–H and O–H groups in total. The number of ether oxygens (including phenoxy) is 1. The van der Waals surface area contributed by atoms with Crippen molar-refractivity contribution in [1.29, 1.82) is 0 Å². The van der Waals surface area contributed by atoms with Gasteiger partial charge in [0.15, 0.2) is 0 Å². The molecule has 0 unspecified atom stereocenters. The van der Waals surface area contributed by atoms with Crippen LogP contribution in [0.5, 0.6) is 0 Å². The average molecular weight is 410 g/mol. The number of carbonyl (C=O) groups excluding carboxylic acids is 1. The number of benzene rings is 2. The summed E-state index contributed by atoms with van der Waals surface area (Å²) in [6, 6.07) is 13.1. The topological polar surface area (TPSA) is 32.8 Å². The lowest BCUT2D eigenvalue weighted by Crippen LogP contribution is -2.48. The Morgan fingerprint density at radius 2 is 1.72 bits per heavy atom. The molecule has 0 radical (unpaired) electrons. The van der Waals surface area contributed by atoms with E-state index in [0.717, 1.165) is 0 Å². The Bertz CT molecular complexity index is 833. The second kappa shape index (κ2) is 9.37. The van der Waals surface area contributed by atoms with Crippen molar-refractivity contribution in [2.45, 2.75) is 19.3 Å². The van der Waals surface area contributed by atoms with E-state index in [2.05, 4.69) is 9.64 Å². The van der Waals surface area contributed by atoms with E-state index in [1.807, 2.05) is 0 Å². The Kier molecular flexibility index (Phi) is 6.87. The van der Waals surface area contributed by atoms with Crippen LogP contribution in [-0.2, 0) is 17.9 Å². The van der Waals surface area contributed by atoms with Crippen molar-refractivity contribution in [3.05, 3.63) is 71.0 Å². The van der Waals surface area contributed by atoms with E-state index in [1.54, 1.807) is 47.4 Å². The SMILES string of the molecule is O=C(c1cccc(COCC(F)(F)F)c1)N1CCN(Cc2ccccc2F)CC1. The maximum absolute atomic E-state index is 13.8. The van der Waals surface area contributed by atoms with Crippen molar-refractivity contribution in [2.24, 2.45) is 0 Å². The Balaban J connectivity index is 1.52. The molecule has 1 aliphatic heterocycles. The van der Waals surface area contributed by atoms with Crippen LogP contribution >= 0.6 is 0 Å². The fourth-order valence-electron chi connectivity index (χ4n) is 3.24. The lowest BCUT2D eigenvalue weighted by Gasteiger charge is -2.35. The van der Waals surface area contributed by atoms with E-state index in [9.17, 15) is 22.4 Å². The van der Waals surface area contributed by atoms with Gasteiger partial charge in [-0.25, -0.2) is 4.39 Å². The molecule has 1 amide bonds. The number of carbonyl (C=O) groups is 1. The first-order valence-corrected chi connectivity index (χ1v) is 9.30. The zero-order valence-electron chi connectivity index (χ0n) is 15.8. The molecule has 3 rings (SSSR count). The van der Waals surface area contributed by atoms with Gasteiger partial charge in [0, 0.05) is 43.9 Å². The molecule has 0 spiro atoms. The molecule has 1 fully saturated rings. The Labute approximate surface area is 166 Å². The van der Waals surface area contributed by atoms with Gasteiger partial charge in [-0.3, -0.25) is 9.69 Å². The zero-order valence-corrected chi connectivity index (χ0v) is 15.8. The number of nitrogens with zero attached hydrogens (tertiary/aromatic N) is 2. The molecule has 29 heavy (non-hydrogen) atoms. The molecule has 0 bridgehead atoms. The average Bonchev–Trinajstić information content (AvgIpc) is 2.69. The van der Waals surface area contributed by atoms with Gasteiger partial charge in [0.1, 0.15) is 12.4 Å². The van der Waals surface area contributed by atoms with Crippen molar-refractivity contribution >= 4 is 5.91 Å². The molecule has 0 aliphatic carbocycles. The summed E-state index contributed by atoms with van der Waals surface area (Å²) >= 11 is 0. The van der Waals surface area contributed by atoms with Crippen LogP contribution in [0.15, 0.2) is 48.5 Å². The third-order valence-corrected chi connectivity index (χ3v) is 4.72. The van der Waals surface area contributed by atoms with Crippen LogP contribution in [0.2, 0.25) is 0 Å². The minimum atomic E-state index is -4.38. The van der Waals surface area contributed by atoms with Crippen LogP contribution in [0.1, 0.15) is 21.5 Å². The molecule has 0 atom stereocenters. The molecule has 0 aromatic heterocycles. The smallest absolute Gasteiger partial charge is 0.367 e. The summed E-state index contributed by atoms with van der Waals surface area (Å²) in [7, 11) is 0. The highest BCUT2D eigenvalue weighted by molar-refractivity contribution is 5.94. The highest BCUT2D eigenvalue weighted by Gasteiger charge is 2.27. The predicted octanol–water partition coefficient (Wildman–Crippen LogP) is 3.86. The van der Waals surface area contributed by atoms with Crippen LogP contribution in [-0.4, -0.2) is 54.7 Å². The Morgan fingerprint density at radius 3 is 2.41 bits per heavy atom. The van der Waals surface area contributed by atoms with Crippen LogP contribution in [0.4, 0.5) is 17.6 Å². The number of amides is 1. The molecule has 156 valence electrons. The van der Waals surface area contributed by atoms with Crippen molar-refractivity contribution in [3.8, 4) is 0 Å². The second-order valence-corrected chi connectivity index (χ2v) is 6.97. The number of alkyl halides is 3. The largest absolute Gasteiger partial charge is 0.411 e. The van der Waals surface area contributed by atoms with E-state index in [4.69, 9.17) is 0 Å². The summed E-state index contributed by atoms with van der Waals surface area (Å²) in [5, 5.41) is 0.